The first-order valence-electron chi connectivity index (χ1n) is 6.39. The largest absolute Gasteiger partial charge is 0.573 e. The molecule has 0 saturated heterocycles. The van der Waals surface area contributed by atoms with Crippen molar-refractivity contribution in [2.24, 2.45) is 0 Å². The summed E-state index contributed by atoms with van der Waals surface area (Å²) < 4.78 is 64.8. The number of aromatic nitrogens is 2. The van der Waals surface area contributed by atoms with Gasteiger partial charge in [-0.2, -0.15) is 9.19 Å². The van der Waals surface area contributed by atoms with E-state index in [2.05, 4.69) is 9.84 Å². The SMILES string of the molecule is CC(C)S(=O)(=O)n1cc(-c2ccc(OC(F)(F)F)c(O)c2)cn1. The van der Waals surface area contributed by atoms with Gasteiger partial charge in [0.25, 0.3) is 10.0 Å². The van der Waals surface area contributed by atoms with Crippen LogP contribution in [0.2, 0.25) is 0 Å². The highest BCUT2D eigenvalue weighted by Gasteiger charge is 2.32. The predicted octanol–water partition coefficient (Wildman–Crippen LogP) is 2.74. The summed E-state index contributed by atoms with van der Waals surface area (Å²) in [5.74, 6) is -1.47. The lowest BCUT2D eigenvalue weighted by Gasteiger charge is -2.10. The van der Waals surface area contributed by atoms with Gasteiger partial charge in [0.15, 0.2) is 11.5 Å². The lowest BCUT2D eigenvalue weighted by atomic mass is 10.1. The number of phenolic OH excluding ortho intramolecular Hbond substituents is 1. The Morgan fingerprint density at radius 3 is 2.43 bits per heavy atom. The third-order valence-electron chi connectivity index (χ3n) is 2.93. The molecular formula is C13H13F3N2O4S. The molecule has 0 atom stereocenters. The maximum absolute atomic E-state index is 12.1. The highest BCUT2D eigenvalue weighted by Crippen LogP contribution is 2.34. The van der Waals surface area contributed by atoms with Crippen LogP contribution in [0.15, 0.2) is 30.6 Å². The van der Waals surface area contributed by atoms with Crippen molar-refractivity contribution in [2.45, 2.75) is 25.5 Å². The summed E-state index contributed by atoms with van der Waals surface area (Å²) in [7, 11) is -3.64. The fourth-order valence-electron chi connectivity index (χ4n) is 1.72. The molecule has 2 rings (SSSR count). The molecule has 6 nitrogen and oxygen atoms in total. The maximum Gasteiger partial charge on any atom is 0.573 e. The van der Waals surface area contributed by atoms with Gasteiger partial charge in [-0.3, -0.25) is 0 Å². The number of phenols is 1. The Hall–Kier alpha value is -2.23. The summed E-state index contributed by atoms with van der Waals surface area (Å²) in [6, 6.07) is 3.22. The number of hydrogen-bond donors (Lipinski definition) is 1. The van der Waals surface area contributed by atoms with Crippen LogP contribution in [0.3, 0.4) is 0 Å². The molecule has 1 aromatic carbocycles. The van der Waals surface area contributed by atoms with Gasteiger partial charge >= 0.3 is 6.36 Å². The van der Waals surface area contributed by atoms with Crippen LogP contribution in [0.4, 0.5) is 13.2 Å². The Balaban J connectivity index is 2.34. The quantitative estimate of drug-likeness (QED) is 0.917. The van der Waals surface area contributed by atoms with Crippen molar-refractivity contribution in [3.8, 4) is 22.6 Å². The molecule has 0 aliphatic heterocycles. The molecule has 1 heterocycles. The van der Waals surface area contributed by atoms with E-state index < -0.39 is 33.1 Å². The van der Waals surface area contributed by atoms with Crippen LogP contribution in [0.25, 0.3) is 11.1 Å². The lowest BCUT2D eigenvalue weighted by molar-refractivity contribution is -0.275. The average Bonchev–Trinajstić information content (AvgIpc) is 2.89. The Morgan fingerprint density at radius 2 is 1.91 bits per heavy atom. The van der Waals surface area contributed by atoms with Crippen LogP contribution in [0.1, 0.15) is 13.8 Å². The third kappa shape index (κ3) is 3.76. The summed E-state index contributed by atoms with van der Waals surface area (Å²) in [5, 5.41) is 12.6. The molecular weight excluding hydrogens is 337 g/mol. The van der Waals surface area contributed by atoms with Gasteiger partial charge in [0.05, 0.1) is 17.6 Å². The van der Waals surface area contributed by atoms with E-state index in [-0.39, 0.29) is 0 Å². The molecule has 0 saturated carbocycles. The van der Waals surface area contributed by atoms with Gasteiger partial charge < -0.3 is 9.84 Å². The van der Waals surface area contributed by atoms with Crippen molar-refractivity contribution < 1.29 is 31.4 Å². The smallest absolute Gasteiger partial charge is 0.504 e. The van der Waals surface area contributed by atoms with Gasteiger partial charge in [-0.1, -0.05) is 6.07 Å². The minimum absolute atomic E-state index is 0.294. The first kappa shape index (κ1) is 17.1. The Morgan fingerprint density at radius 1 is 1.26 bits per heavy atom. The number of benzene rings is 1. The highest BCUT2D eigenvalue weighted by atomic mass is 32.2. The Bertz CT molecular complexity index is 813. The molecule has 1 N–H and O–H groups in total. The molecule has 0 bridgehead atoms. The number of alkyl halides is 3. The Labute approximate surface area is 130 Å². The summed E-state index contributed by atoms with van der Waals surface area (Å²) >= 11 is 0. The van der Waals surface area contributed by atoms with Gasteiger partial charge in [-0.15, -0.1) is 13.2 Å². The van der Waals surface area contributed by atoms with E-state index in [0.29, 0.717) is 11.1 Å². The fourth-order valence-corrected chi connectivity index (χ4v) is 2.59. The van der Waals surface area contributed by atoms with Crippen LogP contribution < -0.4 is 4.74 Å². The summed E-state index contributed by atoms with van der Waals surface area (Å²) in [6.07, 6.45) is -2.47. The second kappa shape index (κ2) is 5.76. The standard InChI is InChI=1S/C13H13F3N2O4S/c1-8(2)23(20,21)18-7-10(6-17-18)9-3-4-12(11(19)5-9)22-13(14,15)16/h3-8,19H,1-2H3. The zero-order chi connectivity index (χ0) is 17.4. The Kier molecular flexibility index (Phi) is 4.29. The molecule has 23 heavy (non-hydrogen) atoms. The normalized spacial score (nSPS) is 12.6. The molecule has 0 radical (unpaired) electrons. The molecule has 10 heteroatoms. The molecule has 0 amide bonds. The zero-order valence-corrected chi connectivity index (χ0v) is 12.9. The van der Waals surface area contributed by atoms with Crippen molar-refractivity contribution >= 4 is 10.0 Å². The van der Waals surface area contributed by atoms with E-state index >= 15 is 0 Å². The van der Waals surface area contributed by atoms with Crippen molar-refractivity contribution in [1.29, 1.82) is 0 Å². The zero-order valence-electron chi connectivity index (χ0n) is 12.1. The van der Waals surface area contributed by atoms with E-state index in [0.717, 1.165) is 16.2 Å². The van der Waals surface area contributed by atoms with Crippen molar-refractivity contribution in [1.82, 2.24) is 9.19 Å². The van der Waals surface area contributed by atoms with Crippen molar-refractivity contribution in [3.63, 3.8) is 0 Å². The van der Waals surface area contributed by atoms with E-state index in [9.17, 15) is 26.7 Å². The minimum atomic E-state index is -4.92. The summed E-state index contributed by atoms with van der Waals surface area (Å²) in [6.45, 7) is 2.98. The van der Waals surface area contributed by atoms with Crippen molar-refractivity contribution in [2.75, 3.05) is 0 Å². The second-order valence-corrected chi connectivity index (χ2v) is 7.27. The monoisotopic (exact) mass is 350 g/mol. The topological polar surface area (TPSA) is 81.4 Å². The van der Waals surface area contributed by atoms with Gasteiger partial charge in [0.1, 0.15) is 0 Å². The first-order chi connectivity index (χ1) is 10.5. The van der Waals surface area contributed by atoms with E-state index in [1.54, 1.807) is 0 Å². The van der Waals surface area contributed by atoms with Gasteiger partial charge in [-0.25, -0.2) is 8.42 Å². The van der Waals surface area contributed by atoms with Gasteiger partial charge in [-0.05, 0) is 31.5 Å². The van der Waals surface area contributed by atoms with E-state index in [1.807, 2.05) is 0 Å². The van der Waals surface area contributed by atoms with Crippen LogP contribution in [0, 0.1) is 0 Å². The van der Waals surface area contributed by atoms with Crippen LogP contribution in [-0.2, 0) is 10.0 Å². The third-order valence-corrected chi connectivity index (χ3v) is 4.85. The predicted molar refractivity (Wildman–Crippen MR) is 75.5 cm³/mol. The van der Waals surface area contributed by atoms with Crippen molar-refractivity contribution in [3.05, 3.63) is 30.6 Å². The highest BCUT2D eigenvalue weighted by molar-refractivity contribution is 7.90. The van der Waals surface area contributed by atoms with E-state index in [1.165, 1.54) is 32.3 Å². The van der Waals surface area contributed by atoms with Gasteiger partial charge in [0, 0.05) is 5.56 Å². The molecule has 2 aromatic rings. The molecule has 0 unspecified atom stereocenters. The minimum Gasteiger partial charge on any atom is -0.504 e. The molecule has 0 aliphatic carbocycles. The lowest BCUT2D eigenvalue weighted by Crippen LogP contribution is -2.22. The molecule has 0 aliphatic rings. The number of nitrogens with zero attached hydrogens (tertiary/aromatic N) is 2. The first-order valence-corrected chi connectivity index (χ1v) is 7.89. The van der Waals surface area contributed by atoms with E-state index in [4.69, 9.17) is 0 Å². The number of ether oxygens (including phenoxy) is 1. The fraction of sp³-hybridized carbons (Fsp3) is 0.308. The van der Waals surface area contributed by atoms with Crippen LogP contribution in [0.5, 0.6) is 11.5 Å². The van der Waals surface area contributed by atoms with Crippen LogP contribution >= 0.6 is 0 Å². The average molecular weight is 350 g/mol. The number of rotatable bonds is 4. The molecule has 1 aromatic heterocycles. The van der Waals surface area contributed by atoms with Gasteiger partial charge in [0.2, 0.25) is 0 Å². The number of halogens is 3. The summed E-state index contributed by atoms with van der Waals surface area (Å²) in [4.78, 5) is 0. The molecule has 126 valence electrons. The second-order valence-electron chi connectivity index (χ2n) is 4.93. The number of aromatic hydroxyl groups is 1. The molecule has 0 fully saturated rings. The number of hydrogen-bond acceptors (Lipinski definition) is 5. The molecule has 0 spiro atoms. The maximum atomic E-state index is 12.1. The van der Waals surface area contributed by atoms with Crippen LogP contribution in [-0.4, -0.2) is 34.3 Å². The summed E-state index contributed by atoms with van der Waals surface area (Å²) in [5.41, 5.74) is 0.616.